The van der Waals surface area contributed by atoms with E-state index in [9.17, 15) is 46.1 Å². The van der Waals surface area contributed by atoms with Crippen molar-refractivity contribution in [3.8, 4) is 5.88 Å². The Labute approximate surface area is 352 Å². The smallest absolute Gasteiger partial charge is 0.408 e. The van der Waals surface area contributed by atoms with Gasteiger partial charge in [-0.05, 0) is 76.5 Å². The minimum absolute atomic E-state index is 0.0305. The van der Waals surface area contributed by atoms with Crippen molar-refractivity contribution in [1.29, 1.82) is 0 Å². The fraction of sp³-hybridized carbons (Fsp3) is 0.475. The second-order valence-corrected chi connectivity index (χ2v) is 20.5. The number of nitrogens with one attached hydrogen (secondary N) is 3. The first kappa shape index (κ1) is 43.4. The van der Waals surface area contributed by atoms with Crippen molar-refractivity contribution >= 4 is 60.3 Å². The quantitative estimate of drug-likeness (QED) is 0.159. The molecular formula is C40H47N7O12S2. The Morgan fingerprint density at radius 2 is 1.74 bits per heavy atom. The molecule has 1 aromatic heterocycles. The van der Waals surface area contributed by atoms with Gasteiger partial charge in [-0.2, -0.15) is 4.31 Å². The van der Waals surface area contributed by atoms with E-state index in [2.05, 4.69) is 20.3 Å². The molecular weight excluding hydrogens is 835 g/mol. The summed E-state index contributed by atoms with van der Waals surface area (Å²) < 4.78 is 69.5. The summed E-state index contributed by atoms with van der Waals surface area (Å²) in [6.45, 7) is 3.46. The third-order valence-electron chi connectivity index (χ3n) is 10.9. The molecule has 0 spiro atoms. The Hall–Kier alpha value is -5.67. The number of alkyl carbamates (subject to hydrolysis) is 1. The monoisotopic (exact) mass is 881 g/mol. The summed E-state index contributed by atoms with van der Waals surface area (Å²) in [6.07, 6.45) is 3.83. The van der Waals surface area contributed by atoms with Gasteiger partial charge in [0.15, 0.2) is 4.90 Å². The van der Waals surface area contributed by atoms with Crippen LogP contribution >= 0.6 is 0 Å². The van der Waals surface area contributed by atoms with Gasteiger partial charge in [0.1, 0.15) is 29.3 Å². The number of nitro benzene ring substituents is 1. The lowest BCUT2D eigenvalue weighted by Gasteiger charge is -2.32. The molecule has 4 aliphatic rings. The summed E-state index contributed by atoms with van der Waals surface area (Å²) in [5.41, 5.74) is -3.46. The molecule has 0 unspecified atom stereocenters. The highest BCUT2D eigenvalue weighted by molar-refractivity contribution is 7.91. The maximum absolute atomic E-state index is 15.0. The zero-order chi connectivity index (χ0) is 43.9. The normalized spacial score (nSPS) is 25.8. The standard InChI is InChI=1S/C40H47N7O12S2/c1-39(2,3)59-38(51)42-30-24-45(61(56,57)33-15-9-8-14-31(33)47(52)53)20-10-4-5-12-26-22-40(26,37(50)44-60(54,55)28-16-17-28)43-34(48)32-21-27(23-46(32)36(30)49)58-35-29-13-7-6-11-25(29)18-19-41-35/h5-9,11-15,18-19,26-28,30,32H,4,10,16-17,20-24H2,1-3H3,(H,42,51)(H,43,48)(H,44,50)/b12-5-/t26-,27-,30+,32+,40-/m1/s1. The molecule has 0 bridgehead atoms. The van der Waals surface area contributed by atoms with Gasteiger partial charge in [-0.1, -0.05) is 42.5 Å². The minimum atomic E-state index is -4.74. The van der Waals surface area contributed by atoms with Gasteiger partial charge in [-0.25, -0.2) is 26.6 Å². The highest BCUT2D eigenvalue weighted by Gasteiger charge is 2.62. The number of allylic oxidation sites excluding steroid dienone is 1. The number of carbonyl (C=O) groups is 4. The number of carbonyl (C=O) groups excluding carboxylic acids is 4. The molecule has 2 aliphatic carbocycles. The summed E-state index contributed by atoms with van der Waals surface area (Å²) in [4.78, 5) is 72.9. The molecule has 61 heavy (non-hydrogen) atoms. The molecule has 2 aliphatic heterocycles. The number of pyridine rings is 1. The molecule has 3 aromatic rings. The van der Waals surface area contributed by atoms with Crippen LogP contribution in [0.3, 0.4) is 0 Å². The Balaban J connectivity index is 1.29. The number of aromatic nitrogens is 1. The average Bonchev–Trinajstić information content (AvgIpc) is 4.12. The number of benzene rings is 2. The molecule has 1 saturated heterocycles. The Morgan fingerprint density at radius 1 is 1.02 bits per heavy atom. The molecule has 21 heteroatoms. The van der Waals surface area contributed by atoms with Gasteiger partial charge in [-0.3, -0.25) is 29.2 Å². The summed E-state index contributed by atoms with van der Waals surface area (Å²) >= 11 is 0. The van der Waals surface area contributed by atoms with Crippen LogP contribution in [0.15, 0.2) is 77.8 Å². The van der Waals surface area contributed by atoms with Crippen molar-refractivity contribution < 1.29 is 50.4 Å². The highest BCUT2D eigenvalue weighted by Crippen LogP contribution is 2.46. The van der Waals surface area contributed by atoms with Crippen LogP contribution in [0.5, 0.6) is 5.88 Å². The lowest BCUT2D eigenvalue weighted by Crippen LogP contribution is -2.60. The molecule has 5 atom stereocenters. The Kier molecular flexibility index (Phi) is 11.9. The molecule has 4 amide bonds. The van der Waals surface area contributed by atoms with Crippen LogP contribution in [-0.2, 0) is 39.2 Å². The summed E-state index contributed by atoms with van der Waals surface area (Å²) in [5.74, 6) is -3.14. The predicted molar refractivity (Wildman–Crippen MR) is 219 cm³/mol. The number of para-hydroxylation sites is 1. The van der Waals surface area contributed by atoms with Crippen molar-refractivity contribution in [2.75, 3.05) is 19.6 Å². The number of ether oxygens (including phenoxy) is 2. The Morgan fingerprint density at radius 3 is 2.46 bits per heavy atom. The number of hydrogen-bond acceptors (Lipinski definition) is 13. The van der Waals surface area contributed by atoms with Crippen LogP contribution in [0.4, 0.5) is 10.5 Å². The van der Waals surface area contributed by atoms with Gasteiger partial charge in [-0.15, -0.1) is 0 Å². The zero-order valence-corrected chi connectivity index (χ0v) is 35.3. The molecule has 7 rings (SSSR count). The lowest BCUT2D eigenvalue weighted by atomic mass is 10.1. The van der Waals surface area contributed by atoms with E-state index < -0.39 is 106 Å². The van der Waals surface area contributed by atoms with Crippen LogP contribution in [0.25, 0.3) is 10.8 Å². The fourth-order valence-corrected chi connectivity index (χ4v) is 10.7. The first-order valence-electron chi connectivity index (χ1n) is 19.9. The number of rotatable bonds is 9. The number of hydrogen-bond donors (Lipinski definition) is 3. The van der Waals surface area contributed by atoms with E-state index in [0.29, 0.717) is 18.2 Å². The summed E-state index contributed by atoms with van der Waals surface area (Å²) in [7, 11) is -8.77. The van der Waals surface area contributed by atoms with Crippen LogP contribution in [0.1, 0.15) is 59.3 Å². The number of nitro groups is 1. The van der Waals surface area contributed by atoms with Crippen molar-refractivity contribution in [3.05, 3.63) is 83.1 Å². The summed E-state index contributed by atoms with van der Waals surface area (Å²) in [5, 5.41) is 18.0. The van der Waals surface area contributed by atoms with Crippen molar-refractivity contribution in [2.45, 2.75) is 98.8 Å². The van der Waals surface area contributed by atoms with E-state index in [4.69, 9.17) is 9.47 Å². The molecule has 0 radical (unpaired) electrons. The lowest BCUT2D eigenvalue weighted by molar-refractivity contribution is -0.387. The van der Waals surface area contributed by atoms with Gasteiger partial charge in [0.05, 0.1) is 16.7 Å². The number of sulfonamides is 2. The molecule has 3 fully saturated rings. The van der Waals surface area contributed by atoms with Crippen molar-refractivity contribution in [3.63, 3.8) is 0 Å². The molecule has 2 saturated carbocycles. The molecule has 3 N–H and O–H groups in total. The third kappa shape index (κ3) is 9.47. The second kappa shape index (κ2) is 16.7. The molecule has 19 nitrogen and oxygen atoms in total. The van der Waals surface area contributed by atoms with Gasteiger partial charge >= 0.3 is 6.09 Å². The highest BCUT2D eigenvalue weighted by atomic mass is 32.2. The number of nitrogens with zero attached hydrogens (tertiary/aromatic N) is 4. The maximum atomic E-state index is 15.0. The van der Waals surface area contributed by atoms with Crippen molar-refractivity contribution in [1.82, 2.24) is 29.5 Å². The van der Waals surface area contributed by atoms with E-state index in [-0.39, 0.29) is 44.7 Å². The minimum Gasteiger partial charge on any atom is -0.472 e. The van der Waals surface area contributed by atoms with Crippen LogP contribution in [-0.4, -0.2) is 114 Å². The molecule has 2 aromatic carbocycles. The first-order valence-corrected chi connectivity index (χ1v) is 22.9. The van der Waals surface area contributed by atoms with Gasteiger partial charge in [0.25, 0.3) is 11.6 Å². The Bertz CT molecular complexity index is 2500. The van der Waals surface area contributed by atoms with Gasteiger partial charge < -0.3 is 25.0 Å². The fourth-order valence-electron chi connectivity index (χ4n) is 7.65. The third-order valence-corrected chi connectivity index (χ3v) is 14.7. The number of fused-ring (bicyclic) bond motifs is 3. The van der Waals surface area contributed by atoms with Crippen LogP contribution < -0.4 is 20.1 Å². The van der Waals surface area contributed by atoms with Crippen LogP contribution in [0.2, 0.25) is 0 Å². The predicted octanol–water partition coefficient (Wildman–Crippen LogP) is 2.91. The SMILES string of the molecule is CC(C)(C)OC(=O)N[C@H]1CN(S(=O)(=O)c2ccccc2[N+](=O)[O-])CCC/C=C\[C@@H]2C[C@@]2(C(=O)NS(=O)(=O)C2CC2)NC(=O)[C@@H]2C[C@@H](Oc3nccc4ccccc34)CN2C1=O. The van der Waals surface area contributed by atoms with Gasteiger partial charge in [0.2, 0.25) is 37.7 Å². The maximum Gasteiger partial charge on any atom is 0.408 e. The van der Waals surface area contributed by atoms with E-state index in [1.54, 1.807) is 51.1 Å². The molecule has 326 valence electrons. The second-order valence-electron chi connectivity index (χ2n) is 16.6. The topological polar surface area (TPSA) is 254 Å². The summed E-state index contributed by atoms with van der Waals surface area (Å²) in [6, 6.07) is 10.7. The van der Waals surface area contributed by atoms with E-state index in [0.717, 1.165) is 26.7 Å². The molecule has 3 heterocycles. The largest absolute Gasteiger partial charge is 0.472 e. The first-order chi connectivity index (χ1) is 28.8. The van der Waals surface area contributed by atoms with Crippen molar-refractivity contribution in [2.24, 2.45) is 5.92 Å². The average molecular weight is 882 g/mol. The van der Waals surface area contributed by atoms with E-state index in [1.165, 1.54) is 18.3 Å². The van der Waals surface area contributed by atoms with E-state index >= 15 is 0 Å². The van der Waals surface area contributed by atoms with Gasteiger partial charge in [0, 0.05) is 43.1 Å². The van der Waals surface area contributed by atoms with Crippen LogP contribution in [0, 0.1) is 16.0 Å². The zero-order valence-electron chi connectivity index (χ0n) is 33.7. The van der Waals surface area contributed by atoms with E-state index in [1.807, 2.05) is 12.1 Å². The number of amides is 4.